The predicted octanol–water partition coefficient (Wildman–Crippen LogP) is 5.14. The van der Waals surface area contributed by atoms with Gasteiger partial charge in [-0.2, -0.15) is 0 Å². The van der Waals surface area contributed by atoms with Crippen LogP contribution in [0.5, 0.6) is 0 Å². The molecule has 2 atom stereocenters. The Morgan fingerprint density at radius 2 is 1.82 bits per heavy atom. The number of amides is 2. The summed E-state index contributed by atoms with van der Waals surface area (Å²) in [6.07, 6.45) is 7.26. The Labute approximate surface area is 202 Å². The molecule has 2 aromatic rings. The first kappa shape index (κ1) is 24.2. The second-order valence-electron chi connectivity index (χ2n) is 9.74. The van der Waals surface area contributed by atoms with Gasteiger partial charge in [-0.05, 0) is 61.9 Å². The minimum atomic E-state index is -0.612. The number of carbonyl (C=O) groups is 2. The van der Waals surface area contributed by atoms with Crippen molar-refractivity contribution in [3.05, 3.63) is 65.5 Å². The van der Waals surface area contributed by atoms with Gasteiger partial charge < -0.3 is 15.1 Å². The van der Waals surface area contributed by atoms with Gasteiger partial charge in [0, 0.05) is 37.8 Å². The van der Waals surface area contributed by atoms with E-state index in [0.29, 0.717) is 12.2 Å². The number of hydrogen-bond donors (Lipinski definition) is 1. The van der Waals surface area contributed by atoms with E-state index in [1.807, 2.05) is 47.1 Å². The Balaban J connectivity index is 1.74. The van der Waals surface area contributed by atoms with Crippen LogP contribution in [0.2, 0.25) is 0 Å². The highest BCUT2D eigenvalue weighted by Crippen LogP contribution is 2.33. The molecule has 0 aromatic heterocycles. The van der Waals surface area contributed by atoms with Crippen LogP contribution in [0.15, 0.2) is 48.5 Å². The van der Waals surface area contributed by atoms with Crippen LogP contribution in [0, 0.1) is 12.7 Å². The molecule has 1 heterocycles. The maximum Gasteiger partial charge on any atom is 0.247 e. The first-order valence-electron chi connectivity index (χ1n) is 12.6. The summed E-state index contributed by atoms with van der Waals surface area (Å²) in [5.41, 5.74) is 2.58. The molecular weight excluding hydrogens is 429 g/mol. The Bertz CT molecular complexity index is 1000. The fraction of sp³-hybridized carbons (Fsp3) is 0.500. The van der Waals surface area contributed by atoms with Crippen LogP contribution < -0.4 is 10.2 Å². The Kier molecular flexibility index (Phi) is 7.86. The van der Waals surface area contributed by atoms with E-state index >= 15 is 0 Å². The Morgan fingerprint density at radius 1 is 1.06 bits per heavy atom. The zero-order valence-electron chi connectivity index (χ0n) is 20.3. The normalized spacial score (nSPS) is 19.6. The smallest absolute Gasteiger partial charge is 0.247 e. The number of hydrogen-bond acceptors (Lipinski definition) is 3. The highest BCUT2D eigenvalue weighted by molar-refractivity contribution is 5.87. The van der Waals surface area contributed by atoms with E-state index in [1.165, 1.54) is 18.6 Å². The summed E-state index contributed by atoms with van der Waals surface area (Å²) in [4.78, 5) is 30.1. The van der Waals surface area contributed by atoms with Crippen molar-refractivity contribution in [1.29, 1.82) is 0 Å². The molecule has 0 bridgehead atoms. The van der Waals surface area contributed by atoms with Crippen molar-refractivity contribution in [2.24, 2.45) is 0 Å². The third kappa shape index (κ3) is 5.60. The number of likely N-dealkylation sites (tertiary alicyclic amines) is 1. The Hall–Kier alpha value is -2.89. The van der Waals surface area contributed by atoms with Gasteiger partial charge in [-0.15, -0.1) is 0 Å². The number of anilines is 1. The quantitative estimate of drug-likeness (QED) is 0.616. The highest BCUT2D eigenvalue weighted by Gasteiger charge is 2.35. The molecule has 1 aliphatic carbocycles. The number of rotatable bonds is 7. The van der Waals surface area contributed by atoms with E-state index in [4.69, 9.17) is 0 Å². The van der Waals surface area contributed by atoms with Crippen molar-refractivity contribution in [1.82, 2.24) is 10.2 Å². The zero-order valence-corrected chi connectivity index (χ0v) is 20.3. The first-order chi connectivity index (χ1) is 16.4. The first-order valence-corrected chi connectivity index (χ1v) is 12.6. The monoisotopic (exact) mass is 465 g/mol. The van der Waals surface area contributed by atoms with Gasteiger partial charge in [0.05, 0.1) is 0 Å². The van der Waals surface area contributed by atoms with Gasteiger partial charge in [-0.1, -0.05) is 49.6 Å². The van der Waals surface area contributed by atoms with Gasteiger partial charge in [-0.25, -0.2) is 4.39 Å². The van der Waals surface area contributed by atoms with Crippen LogP contribution in [0.4, 0.5) is 10.1 Å². The standard InChI is InChI=1S/C28H36FN3O2/c1-20-10-6-7-16-26(20)27(28(34)30-23-12-4-3-5-13-23)32(24-14-8-11-22(29)18-24)19-25-15-9-17-31(25)21(2)33/h6-8,10-11,14,16,18,23,25,27H,3-5,9,12-13,15,17,19H2,1-2H3,(H,30,34)/t25-,27?/m0/s1. The van der Waals surface area contributed by atoms with Crippen molar-refractivity contribution < 1.29 is 14.0 Å². The predicted molar refractivity (Wildman–Crippen MR) is 133 cm³/mol. The van der Waals surface area contributed by atoms with Crippen LogP contribution in [0.25, 0.3) is 0 Å². The molecule has 1 unspecified atom stereocenters. The molecule has 2 aromatic carbocycles. The average Bonchev–Trinajstić information content (AvgIpc) is 3.29. The van der Waals surface area contributed by atoms with E-state index in [0.717, 1.165) is 56.2 Å². The van der Waals surface area contributed by atoms with E-state index in [1.54, 1.807) is 13.0 Å². The largest absolute Gasteiger partial charge is 0.354 e. The molecule has 4 rings (SSSR count). The second kappa shape index (κ2) is 11.0. The molecule has 6 heteroatoms. The zero-order chi connectivity index (χ0) is 24.1. The second-order valence-corrected chi connectivity index (χ2v) is 9.74. The van der Waals surface area contributed by atoms with Crippen LogP contribution in [0.3, 0.4) is 0 Å². The molecule has 1 aliphatic heterocycles. The van der Waals surface area contributed by atoms with Crippen LogP contribution in [-0.2, 0) is 9.59 Å². The lowest BCUT2D eigenvalue weighted by molar-refractivity contribution is -0.129. The molecule has 2 aliphatic rings. The van der Waals surface area contributed by atoms with Crippen LogP contribution >= 0.6 is 0 Å². The highest BCUT2D eigenvalue weighted by atomic mass is 19.1. The molecule has 2 fully saturated rings. The lowest BCUT2D eigenvalue weighted by atomic mass is 9.93. The number of benzene rings is 2. The summed E-state index contributed by atoms with van der Waals surface area (Å²) in [7, 11) is 0. The van der Waals surface area contributed by atoms with Crippen LogP contribution in [0.1, 0.15) is 69.0 Å². The number of nitrogens with zero attached hydrogens (tertiary/aromatic N) is 2. The fourth-order valence-electron chi connectivity index (χ4n) is 5.55. The third-order valence-electron chi connectivity index (χ3n) is 7.32. The lowest BCUT2D eigenvalue weighted by Crippen LogP contribution is -2.49. The molecule has 1 saturated heterocycles. The van der Waals surface area contributed by atoms with E-state index in [2.05, 4.69) is 5.32 Å². The van der Waals surface area contributed by atoms with Gasteiger partial charge >= 0.3 is 0 Å². The summed E-state index contributed by atoms with van der Waals surface area (Å²) in [6, 6.07) is 13.9. The molecular formula is C28H36FN3O2. The molecule has 0 radical (unpaired) electrons. The molecule has 0 spiro atoms. The topological polar surface area (TPSA) is 52.7 Å². The Morgan fingerprint density at radius 3 is 2.53 bits per heavy atom. The van der Waals surface area contributed by atoms with E-state index < -0.39 is 6.04 Å². The van der Waals surface area contributed by atoms with Crippen LogP contribution in [-0.4, -0.2) is 41.9 Å². The van der Waals surface area contributed by atoms with Gasteiger partial charge in [0.1, 0.15) is 11.9 Å². The minimum Gasteiger partial charge on any atom is -0.354 e. The summed E-state index contributed by atoms with van der Waals surface area (Å²) < 4.78 is 14.4. The SMILES string of the molecule is CC(=O)N1CCC[C@H]1CN(c1cccc(F)c1)C(C(=O)NC1CCCCC1)c1ccccc1C. The van der Waals surface area contributed by atoms with Crippen molar-refractivity contribution in [2.75, 3.05) is 18.0 Å². The van der Waals surface area contributed by atoms with E-state index in [-0.39, 0.29) is 29.7 Å². The molecule has 5 nitrogen and oxygen atoms in total. The van der Waals surface area contributed by atoms with Gasteiger partial charge in [0.15, 0.2) is 0 Å². The van der Waals surface area contributed by atoms with Crippen molar-refractivity contribution in [3.8, 4) is 0 Å². The number of halogens is 1. The third-order valence-corrected chi connectivity index (χ3v) is 7.32. The van der Waals surface area contributed by atoms with Gasteiger partial charge in [0.25, 0.3) is 0 Å². The summed E-state index contributed by atoms with van der Waals surface area (Å²) in [6.45, 7) is 4.80. The summed E-state index contributed by atoms with van der Waals surface area (Å²) in [5.74, 6) is -0.354. The number of nitrogens with one attached hydrogen (secondary N) is 1. The molecule has 34 heavy (non-hydrogen) atoms. The number of aryl methyl sites for hydroxylation is 1. The molecule has 182 valence electrons. The summed E-state index contributed by atoms with van der Waals surface area (Å²) >= 11 is 0. The molecule has 1 saturated carbocycles. The minimum absolute atomic E-state index is 0.0187. The average molecular weight is 466 g/mol. The van der Waals surface area contributed by atoms with Gasteiger partial charge in [0.2, 0.25) is 11.8 Å². The van der Waals surface area contributed by atoms with Crippen molar-refractivity contribution >= 4 is 17.5 Å². The lowest BCUT2D eigenvalue weighted by Gasteiger charge is -2.38. The van der Waals surface area contributed by atoms with E-state index in [9.17, 15) is 14.0 Å². The van der Waals surface area contributed by atoms with Crippen molar-refractivity contribution in [3.63, 3.8) is 0 Å². The molecule has 2 amide bonds. The maximum atomic E-state index is 14.4. The van der Waals surface area contributed by atoms with Crippen molar-refractivity contribution in [2.45, 2.75) is 76.9 Å². The summed E-state index contributed by atoms with van der Waals surface area (Å²) in [5, 5.41) is 3.31. The fourth-order valence-corrected chi connectivity index (χ4v) is 5.55. The van der Waals surface area contributed by atoms with Gasteiger partial charge in [-0.3, -0.25) is 9.59 Å². The maximum absolute atomic E-state index is 14.4. The number of carbonyl (C=O) groups excluding carboxylic acids is 2. The molecule has 1 N–H and O–H groups in total.